The van der Waals surface area contributed by atoms with E-state index in [1.165, 1.54) is 6.07 Å². The molecule has 2 N–H and O–H groups in total. The van der Waals surface area contributed by atoms with Gasteiger partial charge in [0.15, 0.2) is 6.29 Å². The van der Waals surface area contributed by atoms with E-state index in [9.17, 15) is 4.79 Å². The van der Waals surface area contributed by atoms with Gasteiger partial charge in [-0.15, -0.1) is 0 Å². The van der Waals surface area contributed by atoms with E-state index in [0.717, 1.165) is 11.9 Å². The fourth-order valence-electron chi connectivity index (χ4n) is 1.56. The molecule has 1 aliphatic rings. The molecule has 0 amide bonds. The highest BCUT2D eigenvalue weighted by molar-refractivity contribution is 5.75. The topological polar surface area (TPSA) is 71.7 Å². The van der Waals surface area contributed by atoms with Gasteiger partial charge in [0.1, 0.15) is 5.58 Å². The lowest BCUT2D eigenvalue weighted by atomic mass is 10.2. The first kappa shape index (κ1) is 12.8. The fourth-order valence-corrected chi connectivity index (χ4v) is 1.56. The van der Waals surface area contributed by atoms with Gasteiger partial charge in [-0.1, -0.05) is 18.2 Å². The molecule has 1 saturated heterocycles. The zero-order valence-electron chi connectivity index (χ0n) is 9.83. The Morgan fingerprint density at radius 2 is 2.06 bits per heavy atom. The Morgan fingerprint density at radius 1 is 1.22 bits per heavy atom. The third-order valence-corrected chi connectivity index (χ3v) is 2.44. The summed E-state index contributed by atoms with van der Waals surface area (Å²) in [5.74, 6) is 0. The first-order valence-electron chi connectivity index (χ1n) is 5.75. The third-order valence-electron chi connectivity index (χ3n) is 2.44. The molecule has 2 aromatic rings. The molecule has 1 atom stereocenters. The first-order valence-corrected chi connectivity index (χ1v) is 5.75. The number of aliphatic hydroxyl groups excluding tert-OH is 1. The van der Waals surface area contributed by atoms with Gasteiger partial charge in [0.05, 0.1) is 6.61 Å². The van der Waals surface area contributed by atoms with Crippen LogP contribution in [-0.4, -0.2) is 31.1 Å². The van der Waals surface area contributed by atoms with Gasteiger partial charge in [-0.05, 0) is 12.1 Å². The highest BCUT2D eigenvalue weighted by atomic mass is 16.6. The number of hydrogen-bond acceptors (Lipinski definition) is 5. The van der Waals surface area contributed by atoms with E-state index in [1.807, 2.05) is 18.2 Å². The number of hydrogen-bond donors (Lipinski definition) is 2. The summed E-state index contributed by atoms with van der Waals surface area (Å²) in [7, 11) is 0. The molecule has 0 bridgehead atoms. The molecule has 0 spiro atoms. The van der Waals surface area contributed by atoms with Crippen molar-refractivity contribution in [1.82, 2.24) is 5.32 Å². The van der Waals surface area contributed by atoms with Crippen molar-refractivity contribution in [3.63, 3.8) is 0 Å². The monoisotopic (exact) mass is 249 g/mol. The average molecular weight is 249 g/mol. The minimum atomic E-state index is -0.575. The van der Waals surface area contributed by atoms with Gasteiger partial charge in [-0.3, -0.25) is 0 Å². The van der Waals surface area contributed by atoms with Gasteiger partial charge in [-0.2, -0.15) is 0 Å². The molecule has 2 heterocycles. The largest absolute Gasteiger partial charge is 0.423 e. The van der Waals surface area contributed by atoms with Gasteiger partial charge in [-0.25, -0.2) is 4.79 Å². The number of nitrogens with one attached hydrogen (secondary N) is 1. The van der Waals surface area contributed by atoms with Crippen LogP contribution < -0.4 is 10.9 Å². The lowest BCUT2D eigenvalue weighted by molar-refractivity contribution is -0.112. The second-order valence-corrected chi connectivity index (χ2v) is 3.82. The molecule has 96 valence electrons. The summed E-state index contributed by atoms with van der Waals surface area (Å²) >= 11 is 0. The summed E-state index contributed by atoms with van der Waals surface area (Å²) in [6, 6.07) is 10.6. The van der Waals surface area contributed by atoms with E-state index < -0.39 is 6.29 Å². The summed E-state index contributed by atoms with van der Waals surface area (Å²) in [5, 5.41) is 12.5. The van der Waals surface area contributed by atoms with Crippen LogP contribution in [0.1, 0.15) is 0 Å². The van der Waals surface area contributed by atoms with Crippen molar-refractivity contribution in [3.05, 3.63) is 46.8 Å². The highest BCUT2D eigenvalue weighted by Crippen LogP contribution is 2.08. The van der Waals surface area contributed by atoms with Crippen molar-refractivity contribution in [2.45, 2.75) is 6.29 Å². The highest BCUT2D eigenvalue weighted by Gasteiger charge is 2.06. The molecule has 3 rings (SSSR count). The van der Waals surface area contributed by atoms with Gasteiger partial charge in [0, 0.05) is 24.5 Å². The van der Waals surface area contributed by atoms with Crippen LogP contribution in [0.2, 0.25) is 0 Å². The Labute approximate surface area is 104 Å². The smallest absolute Gasteiger partial charge is 0.336 e. The quantitative estimate of drug-likeness (QED) is 0.673. The summed E-state index contributed by atoms with van der Waals surface area (Å²) in [6.07, 6.45) is -0.575. The normalized spacial score (nSPS) is 19.1. The van der Waals surface area contributed by atoms with Crippen molar-refractivity contribution in [2.24, 2.45) is 0 Å². The SMILES string of the molecule is O=c1ccc2ccccc2o1.OC1CNCCO1. The number of rotatable bonds is 0. The number of morpholine rings is 1. The van der Waals surface area contributed by atoms with Crippen molar-refractivity contribution >= 4 is 11.0 Å². The van der Waals surface area contributed by atoms with Crippen molar-refractivity contribution in [2.75, 3.05) is 19.7 Å². The summed E-state index contributed by atoms with van der Waals surface area (Å²) in [6.45, 7) is 2.05. The van der Waals surface area contributed by atoms with E-state index in [0.29, 0.717) is 18.7 Å². The van der Waals surface area contributed by atoms with Gasteiger partial charge >= 0.3 is 5.63 Å². The number of fused-ring (bicyclic) bond motifs is 1. The molecule has 1 fully saturated rings. The Hall–Kier alpha value is -1.69. The maximum Gasteiger partial charge on any atom is 0.336 e. The minimum Gasteiger partial charge on any atom is -0.423 e. The molecule has 18 heavy (non-hydrogen) atoms. The van der Waals surface area contributed by atoms with Gasteiger partial charge in [0.25, 0.3) is 0 Å². The predicted molar refractivity (Wildman–Crippen MR) is 67.3 cm³/mol. The Bertz CT molecular complexity index is 546. The van der Waals surface area contributed by atoms with Crippen LogP contribution in [0.3, 0.4) is 0 Å². The fraction of sp³-hybridized carbons (Fsp3) is 0.308. The van der Waals surface area contributed by atoms with Crippen LogP contribution in [0.15, 0.2) is 45.6 Å². The summed E-state index contributed by atoms with van der Waals surface area (Å²) in [5.41, 5.74) is 0.337. The van der Waals surface area contributed by atoms with Crippen molar-refractivity contribution < 1.29 is 14.3 Å². The standard InChI is InChI=1S/C9H6O2.C4H9NO2/c10-9-6-5-7-3-1-2-4-8(7)11-9;6-4-3-5-1-2-7-4/h1-6H;4-6H,1-3H2. The van der Waals surface area contributed by atoms with Crippen LogP contribution >= 0.6 is 0 Å². The van der Waals surface area contributed by atoms with E-state index in [-0.39, 0.29) is 5.63 Å². The Kier molecular flexibility index (Phi) is 4.46. The summed E-state index contributed by atoms with van der Waals surface area (Å²) < 4.78 is 9.68. The lowest BCUT2D eigenvalue weighted by Gasteiger charge is -2.17. The molecule has 5 heteroatoms. The van der Waals surface area contributed by atoms with E-state index in [2.05, 4.69) is 5.32 Å². The van der Waals surface area contributed by atoms with E-state index >= 15 is 0 Å². The van der Waals surface area contributed by atoms with Crippen LogP contribution in [0, 0.1) is 0 Å². The molecule has 0 radical (unpaired) electrons. The molecular formula is C13H15NO4. The molecule has 5 nitrogen and oxygen atoms in total. The molecule has 1 unspecified atom stereocenters. The van der Waals surface area contributed by atoms with E-state index in [1.54, 1.807) is 12.1 Å². The van der Waals surface area contributed by atoms with Gasteiger partial charge < -0.3 is 19.6 Å². The van der Waals surface area contributed by atoms with Crippen LogP contribution in [0.4, 0.5) is 0 Å². The second kappa shape index (κ2) is 6.30. The van der Waals surface area contributed by atoms with Crippen LogP contribution in [0.25, 0.3) is 11.0 Å². The average Bonchev–Trinajstić information content (AvgIpc) is 2.40. The maximum atomic E-state index is 10.7. The number of benzene rings is 1. The van der Waals surface area contributed by atoms with Crippen molar-refractivity contribution in [3.8, 4) is 0 Å². The van der Waals surface area contributed by atoms with E-state index in [4.69, 9.17) is 14.3 Å². The number of para-hydroxylation sites is 1. The van der Waals surface area contributed by atoms with Gasteiger partial charge in [0.2, 0.25) is 0 Å². The molecule has 1 aromatic carbocycles. The first-order chi connectivity index (χ1) is 8.75. The van der Waals surface area contributed by atoms with Crippen LogP contribution in [0.5, 0.6) is 0 Å². The van der Waals surface area contributed by atoms with Crippen LogP contribution in [-0.2, 0) is 4.74 Å². The summed E-state index contributed by atoms with van der Waals surface area (Å²) in [4.78, 5) is 10.7. The zero-order chi connectivity index (χ0) is 12.8. The maximum absolute atomic E-state index is 10.7. The Balaban J connectivity index is 0.000000149. The number of ether oxygens (including phenoxy) is 1. The third kappa shape index (κ3) is 3.66. The molecule has 0 saturated carbocycles. The second-order valence-electron chi connectivity index (χ2n) is 3.82. The number of β-amino-alcohol motifs (C(OH)–C–C–N with tert-alkyl or cyclic N) is 1. The minimum absolute atomic E-state index is 0.302. The molecule has 0 aliphatic carbocycles. The lowest BCUT2D eigenvalue weighted by Crippen LogP contribution is -2.38. The molecule has 1 aliphatic heterocycles. The Morgan fingerprint density at radius 3 is 2.72 bits per heavy atom. The zero-order valence-corrected chi connectivity index (χ0v) is 9.83. The van der Waals surface area contributed by atoms with Crippen molar-refractivity contribution in [1.29, 1.82) is 0 Å². The predicted octanol–water partition coefficient (Wildman–Crippen LogP) is 0.718. The molecule has 1 aromatic heterocycles. The molecular weight excluding hydrogens is 234 g/mol. The number of aliphatic hydroxyl groups is 1.